The molecule has 8 heteroatoms. The lowest BCUT2D eigenvalue weighted by molar-refractivity contribution is -0.139. The number of carbonyl (C=O) groups excluding carboxylic acids is 2. The van der Waals surface area contributed by atoms with Crippen molar-refractivity contribution in [1.29, 1.82) is 0 Å². The third-order valence-corrected chi connectivity index (χ3v) is 4.85. The largest absolute Gasteiger partial charge is 0.507 e. The van der Waals surface area contributed by atoms with Crippen LogP contribution in [0.1, 0.15) is 41.8 Å². The van der Waals surface area contributed by atoms with Crippen LogP contribution >= 0.6 is 11.6 Å². The fourth-order valence-electron chi connectivity index (χ4n) is 2.96. The zero-order valence-corrected chi connectivity index (χ0v) is 18.6. The number of carbonyl (C=O) groups is 2. The second-order valence-electron chi connectivity index (χ2n) is 7.04. The molecule has 0 fully saturated rings. The molecule has 31 heavy (non-hydrogen) atoms. The van der Waals surface area contributed by atoms with Crippen molar-refractivity contribution in [3.8, 4) is 17.2 Å². The number of phenolic OH excluding ortho intramolecular Hbond substituents is 1. The van der Waals surface area contributed by atoms with E-state index in [0.29, 0.717) is 34.1 Å². The molecule has 0 bridgehead atoms. The van der Waals surface area contributed by atoms with Crippen LogP contribution in [0.25, 0.3) is 0 Å². The number of rotatable bonds is 11. The van der Waals surface area contributed by atoms with Crippen molar-refractivity contribution < 1.29 is 34.0 Å². The monoisotopic (exact) mass is 450 g/mol. The van der Waals surface area contributed by atoms with Crippen molar-refractivity contribution in [2.75, 3.05) is 20.3 Å². The van der Waals surface area contributed by atoms with E-state index in [1.165, 1.54) is 20.1 Å². The minimum absolute atomic E-state index is 0.0727. The Bertz CT molecular complexity index is 926. The number of hydrogen-bond donors (Lipinski definition) is 2. The maximum atomic E-state index is 11.6. The highest BCUT2D eigenvalue weighted by atomic mass is 35.5. The Kier molecular flexibility index (Phi) is 9.15. The summed E-state index contributed by atoms with van der Waals surface area (Å²) >= 11 is 6.18. The molecule has 2 N–H and O–H groups in total. The van der Waals surface area contributed by atoms with Crippen LogP contribution in [0.3, 0.4) is 0 Å². The van der Waals surface area contributed by atoms with Gasteiger partial charge in [-0.3, -0.25) is 9.59 Å². The first-order chi connectivity index (χ1) is 14.8. The van der Waals surface area contributed by atoms with Gasteiger partial charge >= 0.3 is 5.97 Å². The average molecular weight is 451 g/mol. The zero-order chi connectivity index (χ0) is 23.0. The highest BCUT2D eigenvalue weighted by Gasteiger charge is 2.17. The number of ether oxygens (including phenoxy) is 3. The number of aliphatic hydroxyl groups excluding tert-OH is 1. The predicted octanol–water partition coefficient (Wildman–Crippen LogP) is 3.73. The number of esters is 1. The lowest BCUT2D eigenvalue weighted by Gasteiger charge is -2.18. The van der Waals surface area contributed by atoms with Crippen LogP contribution in [0.4, 0.5) is 0 Å². The molecule has 0 saturated heterocycles. The molecule has 2 rings (SSSR count). The lowest BCUT2D eigenvalue weighted by Crippen LogP contribution is -2.25. The first-order valence-electron chi connectivity index (χ1n) is 9.91. The van der Waals surface area contributed by atoms with Crippen molar-refractivity contribution in [3.63, 3.8) is 0 Å². The third-order valence-electron chi connectivity index (χ3n) is 4.55. The highest BCUT2D eigenvalue weighted by Crippen LogP contribution is 2.33. The highest BCUT2D eigenvalue weighted by molar-refractivity contribution is 6.32. The molecular weight excluding hydrogens is 424 g/mol. The molecule has 0 aliphatic rings. The molecule has 7 nitrogen and oxygen atoms in total. The topological polar surface area (TPSA) is 102 Å². The van der Waals surface area contributed by atoms with Gasteiger partial charge in [0.25, 0.3) is 0 Å². The molecule has 2 aromatic rings. The fourth-order valence-corrected chi connectivity index (χ4v) is 3.22. The van der Waals surface area contributed by atoms with E-state index in [-0.39, 0.29) is 42.7 Å². The molecular formula is C23H27ClO7. The standard InChI is InChI=1S/C23H27ClO7/c1-4-5-18-20(9-7-17(14(2)25)23(18)28)30-12-16(26)13-31-21-8-6-15(10-19(21)24)11-22(27)29-3/h6-10,16,26,28H,4-5,11-13H2,1-3H3. The van der Waals surface area contributed by atoms with Gasteiger partial charge in [-0.2, -0.15) is 0 Å². The Morgan fingerprint density at radius 1 is 1.10 bits per heavy atom. The van der Waals surface area contributed by atoms with E-state index in [9.17, 15) is 19.8 Å². The average Bonchev–Trinajstić information content (AvgIpc) is 2.73. The van der Waals surface area contributed by atoms with E-state index in [1.54, 1.807) is 24.3 Å². The van der Waals surface area contributed by atoms with Crippen LogP contribution in [0.2, 0.25) is 5.02 Å². The van der Waals surface area contributed by atoms with Gasteiger partial charge in [0.05, 0.1) is 24.1 Å². The Labute approximate surface area is 186 Å². The summed E-state index contributed by atoms with van der Waals surface area (Å²) in [5, 5.41) is 20.9. The maximum absolute atomic E-state index is 11.6. The molecule has 0 radical (unpaired) electrons. The molecule has 0 aromatic heterocycles. The molecule has 0 aliphatic carbocycles. The fraction of sp³-hybridized carbons (Fsp3) is 0.391. The van der Waals surface area contributed by atoms with Gasteiger partial charge < -0.3 is 24.4 Å². The van der Waals surface area contributed by atoms with Crippen molar-refractivity contribution in [1.82, 2.24) is 0 Å². The van der Waals surface area contributed by atoms with Crippen LogP contribution < -0.4 is 9.47 Å². The summed E-state index contributed by atoms with van der Waals surface area (Å²) in [5.74, 6) is 0.0842. The SMILES string of the molecule is CCCc1c(OCC(O)COc2ccc(CC(=O)OC)cc2Cl)ccc(C(C)=O)c1O. The molecule has 0 amide bonds. The van der Waals surface area contributed by atoms with Gasteiger partial charge in [0.15, 0.2) is 5.78 Å². The Morgan fingerprint density at radius 2 is 1.74 bits per heavy atom. The van der Waals surface area contributed by atoms with E-state index < -0.39 is 6.10 Å². The number of aromatic hydroxyl groups is 1. The van der Waals surface area contributed by atoms with Crippen LogP contribution in [-0.2, 0) is 22.4 Å². The van der Waals surface area contributed by atoms with E-state index in [4.69, 9.17) is 21.1 Å². The van der Waals surface area contributed by atoms with E-state index in [0.717, 1.165) is 6.42 Å². The molecule has 1 atom stereocenters. The summed E-state index contributed by atoms with van der Waals surface area (Å²) in [6.45, 7) is 3.19. The summed E-state index contributed by atoms with van der Waals surface area (Å²) in [7, 11) is 1.31. The molecule has 0 spiro atoms. The maximum Gasteiger partial charge on any atom is 0.309 e. The van der Waals surface area contributed by atoms with Gasteiger partial charge in [-0.1, -0.05) is 31.0 Å². The zero-order valence-electron chi connectivity index (χ0n) is 17.8. The number of Topliss-reactive ketones (excluding diaryl/α,β-unsaturated/α-hetero) is 1. The second-order valence-corrected chi connectivity index (χ2v) is 7.45. The minimum Gasteiger partial charge on any atom is -0.507 e. The first kappa shape index (κ1) is 24.5. The minimum atomic E-state index is -0.963. The number of benzene rings is 2. The molecule has 2 aromatic carbocycles. The van der Waals surface area contributed by atoms with Crippen molar-refractivity contribution in [3.05, 3.63) is 52.0 Å². The number of aliphatic hydroxyl groups is 1. The van der Waals surface area contributed by atoms with Gasteiger partial charge in [0.1, 0.15) is 36.6 Å². The quantitative estimate of drug-likeness (QED) is 0.397. The number of hydrogen-bond acceptors (Lipinski definition) is 7. The van der Waals surface area contributed by atoms with Crippen molar-refractivity contribution in [2.45, 2.75) is 39.2 Å². The molecule has 1 unspecified atom stereocenters. The first-order valence-corrected chi connectivity index (χ1v) is 10.3. The van der Waals surface area contributed by atoms with Gasteiger partial charge in [0.2, 0.25) is 0 Å². The summed E-state index contributed by atoms with van der Waals surface area (Å²) in [4.78, 5) is 23.0. The molecule has 0 aliphatic heterocycles. The third kappa shape index (κ3) is 6.87. The van der Waals surface area contributed by atoms with Gasteiger partial charge in [-0.25, -0.2) is 0 Å². The van der Waals surface area contributed by atoms with Gasteiger partial charge in [0, 0.05) is 5.56 Å². The van der Waals surface area contributed by atoms with Crippen LogP contribution in [0.5, 0.6) is 17.2 Å². The number of ketones is 1. The van der Waals surface area contributed by atoms with E-state index in [2.05, 4.69) is 4.74 Å². The van der Waals surface area contributed by atoms with E-state index in [1.807, 2.05) is 6.92 Å². The number of halogens is 1. The lowest BCUT2D eigenvalue weighted by atomic mass is 10.0. The summed E-state index contributed by atoms with van der Waals surface area (Å²) in [5.41, 5.74) is 1.46. The molecule has 0 heterocycles. The predicted molar refractivity (Wildman–Crippen MR) is 116 cm³/mol. The second kappa shape index (κ2) is 11.6. The summed E-state index contributed by atoms with van der Waals surface area (Å²) in [6.07, 6.45) is 0.418. The van der Waals surface area contributed by atoms with Crippen molar-refractivity contribution in [2.24, 2.45) is 0 Å². The number of methoxy groups -OCH3 is 1. The Balaban J connectivity index is 1.97. The van der Waals surface area contributed by atoms with Crippen LogP contribution in [-0.4, -0.2) is 48.4 Å². The smallest absolute Gasteiger partial charge is 0.309 e. The van der Waals surface area contributed by atoms with E-state index >= 15 is 0 Å². The Morgan fingerprint density at radius 3 is 2.32 bits per heavy atom. The molecule has 168 valence electrons. The summed E-state index contributed by atoms with van der Waals surface area (Å²) < 4.78 is 15.9. The van der Waals surface area contributed by atoms with Gasteiger partial charge in [-0.15, -0.1) is 0 Å². The number of phenols is 1. The van der Waals surface area contributed by atoms with Crippen LogP contribution in [0, 0.1) is 0 Å². The molecule has 0 saturated carbocycles. The normalized spacial score (nSPS) is 11.6. The van der Waals surface area contributed by atoms with Crippen molar-refractivity contribution >= 4 is 23.4 Å². The summed E-state index contributed by atoms with van der Waals surface area (Å²) in [6, 6.07) is 8.03. The van der Waals surface area contributed by atoms with Crippen LogP contribution in [0.15, 0.2) is 30.3 Å². The Hall–Kier alpha value is -2.77. The van der Waals surface area contributed by atoms with Gasteiger partial charge in [-0.05, 0) is 43.2 Å².